The predicted molar refractivity (Wildman–Crippen MR) is 101 cm³/mol. The molecule has 5 nitrogen and oxygen atoms in total. The van der Waals surface area contributed by atoms with Crippen molar-refractivity contribution in [3.05, 3.63) is 65.7 Å². The van der Waals surface area contributed by atoms with Gasteiger partial charge in [0.1, 0.15) is 0 Å². The summed E-state index contributed by atoms with van der Waals surface area (Å²) in [4.78, 5) is 11.3. The number of benzene rings is 2. The summed E-state index contributed by atoms with van der Waals surface area (Å²) in [5.41, 5.74) is 0.940. The first-order chi connectivity index (χ1) is 12.3. The first kappa shape index (κ1) is 20.1. The van der Waals surface area contributed by atoms with Crippen LogP contribution in [-0.2, 0) is 16.6 Å². The second-order valence-corrected chi connectivity index (χ2v) is 8.48. The van der Waals surface area contributed by atoms with Crippen molar-refractivity contribution in [2.75, 3.05) is 0 Å². The highest BCUT2D eigenvalue weighted by molar-refractivity contribution is 7.89. The average molecular weight is 375 g/mol. The monoisotopic (exact) mass is 375 g/mol. The second kappa shape index (κ2) is 8.47. The number of carboxylic acids is 1. The van der Waals surface area contributed by atoms with Crippen molar-refractivity contribution >= 4 is 16.0 Å². The molecule has 140 valence electrons. The minimum atomic E-state index is -3.67. The Hall–Kier alpha value is -2.18. The fourth-order valence-corrected chi connectivity index (χ4v) is 4.89. The van der Waals surface area contributed by atoms with Crippen molar-refractivity contribution in [1.82, 2.24) is 4.31 Å². The highest BCUT2D eigenvalue weighted by Gasteiger charge is 2.32. The van der Waals surface area contributed by atoms with E-state index < -0.39 is 16.0 Å². The van der Waals surface area contributed by atoms with Gasteiger partial charge in [0.2, 0.25) is 10.0 Å². The predicted octanol–water partition coefficient (Wildman–Crippen LogP) is 4.01. The number of hydrogen-bond acceptors (Lipinski definition) is 3. The fourth-order valence-electron chi connectivity index (χ4n) is 3.05. The number of carboxylic acid groups (broad SMARTS) is 1. The third kappa shape index (κ3) is 4.51. The lowest BCUT2D eigenvalue weighted by atomic mass is 10.0. The summed E-state index contributed by atoms with van der Waals surface area (Å²) in [5.74, 6) is -0.851. The van der Waals surface area contributed by atoms with E-state index in [0.29, 0.717) is 6.42 Å². The van der Waals surface area contributed by atoms with Gasteiger partial charge in [0, 0.05) is 12.6 Å². The number of aromatic carboxylic acids is 1. The smallest absolute Gasteiger partial charge is 0.335 e. The highest BCUT2D eigenvalue weighted by atomic mass is 32.2. The number of hydrogen-bond donors (Lipinski definition) is 1. The van der Waals surface area contributed by atoms with E-state index in [4.69, 9.17) is 5.11 Å². The Morgan fingerprint density at radius 2 is 1.62 bits per heavy atom. The quantitative estimate of drug-likeness (QED) is 0.756. The van der Waals surface area contributed by atoms with Crippen LogP contribution in [0.15, 0.2) is 59.5 Å². The molecule has 1 unspecified atom stereocenters. The van der Waals surface area contributed by atoms with Crippen LogP contribution in [0.2, 0.25) is 0 Å². The highest BCUT2D eigenvalue weighted by Crippen LogP contribution is 2.26. The molecule has 0 aliphatic carbocycles. The molecule has 2 aromatic carbocycles. The van der Waals surface area contributed by atoms with Crippen LogP contribution >= 0.6 is 0 Å². The normalized spacial score (nSPS) is 13.1. The zero-order valence-electron chi connectivity index (χ0n) is 15.3. The lowest BCUT2D eigenvalue weighted by molar-refractivity contribution is 0.0697. The molecule has 26 heavy (non-hydrogen) atoms. The molecule has 2 aromatic rings. The largest absolute Gasteiger partial charge is 0.478 e. The van der Waals surface area contributed by atoms with E-state index in [0.717, 1.165) is 5.56 Å². The zero-order chi connectivity index (χ0) is 19.3. The van der Waals surface area contributed by atoms with Gasteiger partial charge in [0.15, 0.2) is 0 Å². The molecule has 0 saturated carbocycles. The lowest BCUT2D eigenvalue weighted by Gasteiger charge is -2.33. The van der Waals surface area contributed by atoms with Crippen molar-refractivity contribution in [1.29, 1.82) is 0 Å². The van der Waals surface area contributed by atoms with E-state index in [1.54, 1.807) is 42.5 Å². The topological polar surface area (TPSA) is 74.7 Å². The Morgan fingerprint density at radius 3 is 2.08 bits per heavy atom. The molecule has 6 heteroatoms. The van der Waals surface area contributed by atoms with Crippen LogP contribution in [0.1, 0.15) is 43.1 Å². The molecule has 0 aromatic heterocycles. The molecular weight excluding hydrogens is 350 g/mol. The van der Waals surface area contributed by atoms with Gasteiger partial charge in [-0.3, -0.25) is 0 Å². The minimum Gasteiger partial charge on any atom is -0.478 e. The molecular formula is C20H25NO4S. The van der Waals surface area contributed by atoms with Crippen LogP contribution < -0.4 is 0 Å². The van der Waals surface area contributed by atoms with Gasteiger partial charge in [-0.25, -0.2) is 13.2 Å². The van der Waals surface area contributed by atoms with Crippen LogP contribution in [0.25, 0.3) is 0 Å². The Balaban J connectivity index is 2.43. The second-order valence-electron chi connectivity index (χ2n) is 6.59. The summed E-state index contributed by atoms with van der Waals surface area (Å²) in [6, 6.07) is 14.6. The Bertz CT molecular complexity index is 830. The Kier molecular flexibility index (Phi) is 6.56. The molecule has 0 bridgehead atoms. The molecule has 1 N–H and O–H groups in total. The molecule has 0 radical (unpaired) electrons. The molecule has 0 heterocycles. The van der Waals surface area contributed by atoms with Gasteiger partial charge in [-0.2, -0.15) is 4.31 Å². The standard InChI is InChI=1S/C20H25NO4S/c1-4-19(15(2)3)21(26(24,25)18-8-6-5-7-9-18)14-16-10-12-17(13-11-16)20(22)23/h5-13,15,19H,4,14H2,1-3H3,(H,22,23). The molecule has 1 atom stereocenters. The summed E-state index contributed by atoms with van der Waals surface area (Å²) >= 11 is 0. The first-order valence-corrected chi connectivity index (χ1v) is 10.1. The van der Waals surface area contributed by atoms with E-state index in [-0.39, 0.29) is 29.0 Å². The lowest BCUT2D eigenvalue weighted by Crippen LogP contribution is -2.42. The van der Waals surface area contributed by atoms with Crippen LogP contribution in [-0.4, -0.2) is 29.8 Å². The van der Waals surface area contributed by atoms with E-state index in [9.17, 15) is 13.2 Å². The molecule has 0 aliphatic rings. The molecule has 2 rings (SSSR count). The summed E-state index contributed by atoms with van der Waals surface area (Å²) < 4.78 is 28.0. The Labute approximate surface area is 155 Å². The van der Waals surface area contributed by atoms with E-state index >= 15 is 0 Å². The maximum atomic E-state index is 13.2. The molecule has 0 aliphatic heterocycles. The first-order valence-electron chi connectivity index (χ1n) is 8.66. The van der Waals surface area contributed by atoms with E-state index in [1.807, 2.05) is 20.8 Å². The molecule has 0 saturated heterocycles. The Morgan fingerprint density at radius 1 is 1.04 bits per heavy atom. The van der Waals surface area contributed by atoms with Gasteiger partial charge in [-0.15, -0.1) is 0 Å². The number of sulfonamides is 1. The van der Waals surface area contributed by atoms with Crippen molar-refractivity contribution in [3.8, 4) is 0 Å². The minimum absolute atomic E-state index is 0.150. The number of carbonyl (C=O) groups is 1. The maximum Gasteiger partial charge on any atom is 0.335 e. The van der Waals surface area contributed by atoms with Crippen LogP contribution in [0.3, 0.4) is 0 Å². The SMILES string of the molecule is CCC(C(C)C)N(Cc1ccc(C(=O)O)cc1)S(=O)(=O)c1ccccc1. The summed E-state index contributed by atoms with van der Waals surface area (Å²) in [6.07, 6.45) is 0.691. The van der Waals surface area contributed by atoms with Crippen LogP contribution in [0.4, 0.5) is 0 Å². The van der Waals surface area contributed by atoms with Gasteiger partial charge >= 0.3 is 5.97 Å². The van der Waals surface area contributed by atoms with Gasteiger partial charge < -0.3 is 5.11 Å². The van der Waals surface area contributed by atoms with E-state index in [2.05, 4.69) is 0 Å². The van der Waals surface area contributed by atoms with Crippen molar-refractivity contribution in [2.45, 2.75) is 44.7 Å². The van der Waals surface area contributed by atoms with Crippen molar-refractivity contribution < 1.29 is 18.3 Å². The van der Waals surface area contributed by atoms with Gasteiger partial charge in [-0.05, 0) is 42.2 Å². The zero-order valence-corrected chi connectivity index (χ0v) is 16.1. The molecule has 0 spiro atoms. The number of rotatable bonds is 8. The van der Waals surface area contributed by atoms with Gasteiger partial charge in [-0.1, -0.05) is 51.1 Å². The summed E-state index contributed by atoms with van der Waals surface area (Å²) in [7, 11) is -3.67. The summed E-state index contributed by atoms with van der Waals surface area (Å²) in [6.45, 7) is 6.20. The number of nitrogens with zero attached hydrogens (tertiary/aromatic N) is 1. The average Bonchev–Trinajstić information content (AvgIpc) is 2.62. The van der Waals surface area contributed by atoms with Crippen LogP contribution in [0.5, 0.6) is 0 Å². The van der Waals surface area contributed by atoms with E-state index in [1.165, 1.54) is 16.4 Å². The van der Waals surface area contributed by atoms with Crippen molar-refractivity contribution in [2.24, 2.45) is 5.92 Å². The van der Waals surface area contributed by atoms with Gasteiger partial charge in [0.05, 0.1) is 10.5 Å². The third-order valence-corrected chi connectivity index (χ3v) is 6.33. The maximum absolute atomic E-state index is 13.2. The fraction of sp³-hybridized carbons (Fsp3) is 0.350. The van der Waals surface area contributed by atoms with Crippen molar-refractivity contribution in [3.63, 3.8) is 0 Å². The summed E-state index contributed by atoms with van der Waals surface area (Å²) in [5, 5.41) is 9.03. The molecule has 0 amide bonds. The van der Waals surface area contributed by atoms with Crippen LogP contribution in [0, 0.1) is 5.92 Å². The third-order valence-electron chi connectivity index (χ3n) is 4.45. The molecule has 0 fully saturated rings. The van der Waals surface area contributed by atoms with Gasteiger partial charge in [0.25, 0.3) is 0 Å².